The van der Waals surface area contributed by atoms with E-state index < -0.39 is 14.9 Å². The van der Waals surface area contributed by atoms with E-state index in [9.17, 15) is 18.5 Å². The van der Waals surface area contributed by atoms with Gasteiger partial charge in [-0.05, 0) is 31.2 Å². The van der Waals surface area contributed by atoms with Gasteiger partial charge in [-0.3, -0.25) is 14.4 Å². The molecule has 1 heterocycles. The lowest BCUT2D eigenvalue weighted by molar-refractivity contribution is -0.384. The van der Waals surface area contributed by atoms with Crippen LogP contribution in [0.1, 0.15) is 6.92 Å². The molecule has 0 bridgehead atoms. The van der Waals surface area contributed by atoms with Gasteiger partial charge in [-0.15, -0.1) is 0 Å². The summed E-state index contributed by atoms with van der Waals surface area (Å²) in [7, 11) is -3.80. The number of hydrogen-bond donors (Lipinski definition) is 1. The smallest absolute Gasteiger partial charge is 0.269 e. The van der Waals surface area contributed by atoms with Crippen LogP contribution >= 0.6 is 0 Å². The summed E-state index contributed by atoms with van der Waals surface area (Å²) < 4.78 is 27.3. The fraction of sp³-hybridized carbons (Fsp3) is 0.200. The van der Waals surface area contributed by atoms with Crippen molar-refractivity contribution >= 4 is 27.1 Å². The Bertz CT molecular complexity index is 849. The summed E-state index contributed by atoms with van der Waals surface area (Å²) in [4.78, 5) is 10.2. The second kappa shape index (κ2) is 5.54. The Hall–Kier alpha value is -2.61. The molecule has 8 heteroatoms. The van der Waals surface area contributed by atoms with Crippen molar-refractivity contribution in [3.8, 4) is 0 Å². The minimum Gasteiger partial charge on any atom is -0.381 e. The standard InChI is InChI=1S/C15H15N3O4S/c1-11-10-16-14-4-2-3-5-15(14)17(11)23(21,22)13-8-6-12(7-9-13)18(19)20/h2-9,11,16H,10H2,1H3. The number of nitro groups is 1. The molecule has 120 valence electrons. The highest BCUT2D eigenvalue weighted by molar-refractivity contribution is 7.92. The van der Waals surface area contributed by atoms with Crippen LogP contribution in [0.25, 0.3) is 0 Å². The van der Waals surface area contributed by atoms with Gasteiger partial charge >= 0.3 is 0 Å². The van der Waals surface area contributed by atoms with E-state index in [1.165, 1.54) is 28.6 Å². The molecule has 0 radical (unpaired) electrons. The molecular weight excluding hydrogens is 318 g/mol. The third-order valence-electron chi connectivity index (χ3n) is 3.73. The highest BCUT2D eigenvalue weighted by atomic mass is 32.2. The molecule has 2 aromatic rings. The molecule has 1 aliphatic rings. The second-order valence-corrected chi connectivity index (χ2v) is 7.11. The van der Waals surface area contributed by atoms with Gasteiger partial charge < -0.3 is 5.32 Å². The highest BCUT2D eigenvalue weighted by Crippen LogP contribution is 2.35. The lowest BCUT2D eigenvalue weighted by Gasteiger charge is -2.36. The first kappa shape index (κ1) is 15.3. The van der Waals surface area contributed by atoms with Crippen molar-refractivity contribution in [2.45, 2.75) is 17.9 Å². The highest BCUT2D eigenvalue weighted by Gasteiger charge is 2.33. The second-order valence-electron chi connectivity index (χ2n) is 5.30. The first-order chi connectivity index (χ1) is 10.9. The van der Waals surface area contributed by atoms with Crippen molar-refractivity contribution in [3.05, 3.63) is 58.6 Å². The molecule has 0 spiro atoms. The molecule has 0 aromatic heterocycles. The maximum absolute atomic E-state index is 13.0. The predicted octanol–water partition coefficient (Wildman–Crippen LogP) is 2.60. The summed E-state index contributed by atoms with van der Waals surface area (Å²) in [6.45, 7) is 2.30. The van der Waals surface area contributed by atoms with Crippen LogP contribution in [0.3, 0.4) is 0 Å². The molecule has 0 amide bonds. The summed E-state index contributed by atoms with van der Waals surface area (Å²) in [6.07, 6.45) is 0. The van der Waals surface area contributed by atoms with E-state index in [0.29, 0.717) is 12.2 Å². The molecule has 1 unspecified atom stereocenters. The minimum absolute atomic E-state index is 0.0339. The van der Waals surface area contributed by atoms with Crippen LogP contribution in [-0.2, 0) is 10.0 Å². The van der Waals surface area contributed by atoms with Gasteiger partial charge in [-0.25, -0.2) is 8.42 Å². The maximum atomic E-state index is 13.0. The normalized spacial score (nSPS) is 17.3. The molecule has 7 nitrogen and oxygen atoms in total. The van der Waals surface area contributed by atoms with Crippen molar-refractivity contribution in [1.29, 1.82) is 0 Å². The van der Waals surface area contributed by atoms with E-state index >= 15 is 0 Å². The quantitative estimate of drug-likeness (QED) is 0.688. The van der Waals surface area contributed by atoms with Gasteiger partial charge in [0.2, 0.25) is 0 Å². The van der Waals surface area contributed by atoms with Crippen molar-refractivity contribution < 1.29 is 13.3 Å². The Kier molecular flexibility index (Phi) is 3.69. The lowest BCUT2D eigenvalue weighted by Crippen LogP contribution is -2.45. The zero-order valence-electron chi connectivity index (χ0n) is 12.3. The number of sulfonamides is 1. The topological polar surface area (TPSA) is 92.6 Å². The molecule has 0 saturated heterocycles. The summed E-state index contributed by atoms with van der Waals surface area (Å²) in [6, 6.07) is 11.8. The van der Waals surface area contributed by atoms with Crippen molar-refractivity contribution in [1.82, 2.24) is 0 Å². The number of nitro benzene ring substituents is 1. The maximum Gasteiger partial charge on any atom is 0.269 e. The van der Waals surface area contributed by atoms with Crippen molar-refractivity contribution in [3.63, 3.8) is 0 Å². The number of benzene rings is 2. The third kappa shape index (κ3) is 2.61. The van der Waals surface area contributed by atoms with Crippen LogP contribution in [0.4, 0.5) is 17.1 Å². The number of nitrogens with zero attached hydrogens (tertiary/aromatic N) is 2. The Morgan fingerprint density at radius 2 is 1.83 bits per heavy atom. The van der Waals surface area contributed by atoms with Gasteiger partial charge in [0.1, 0.15) is 0 Å². The van der Waals surface area contributed by atoms with Gasteiger partial charge in [0.25, 0.3) is 15.7 Å². The number of fused-ring (bicyclic) bond motifs is 1. The summed E-state index contributed by atoms with van der Waals surface area (Å²) in [5.74, 6) is 0. The fourth-order valence-electron chi connectivity index (χ4n) is 2.61. The van der Waals surface area contributed by atoms with Crippen molar-refractivity contribution in [2.24, 2.45) is 0 Å². The van der Waals surface area contributed by atoms with Crippen LogP contribution in [0.15, 0.2) is 53.4 Å². The Morgan fingerprint density at radius 1 is 1.17 bits per heavy atom. The molecule has 0 aliphatic carbocycles. The van der Waals surface area contributed by atoms with Crippen LogP contribution in [-0.4, -0.2) is 25.9 Å². The number of para-hydroxylation sites is 2. The third-order valence-corrected chi connectivity index (χ3v) is 5.68. The molecule has 0 saturated carbocycles. The van der Waals surface area contributed by atoms with Gasteiger partial charge in [0.15, 0.2) is 0 Å². The Balaban J connectivity index is 2.07. The fourth-order valence-corrected chi connectivity index (χ4v) is 4.29. The lowest BCUT2D eigenvalue weighted by atomic mass is 10.2. The van der Waals surface area contributed by atoms with E-state index in [2.05, 4.69) is 5.32 Å². The first-order valence-electron chi connectivity index (χ1n) is 7.03. The van der Waals surface area contributed by atoms with Crippen LogP contribution in [0.2, 0.25) is 0 Å². The SMILES string of the molecule is CC1CNc2ccccc2N1S(=O)(=O)c1ccc([N+](=O)[O-])cc1. The summed E-state index contributed by atoms with van der Waals surface area (Å²) >= 11 is 0. The number of non-ortho nitro benzene ring substituents is 1. The molecule has 0 fully saturated rings. The number of hydrogen-bond acceptors (Lipinski definition) is 5. The molecule has 23 heavy (non-hydrogen) atoms. The van der Waals surface area contributed by atoms with Gasteiger partial charge in [0.05, 0.1) is 27.2 Å². The largest absolute Gasteiger partial charge is 0.381 e. The molecule has 2 aromatic carbocycles. The number of rotatable bonds is 3. The summed E-state index contributed by atoms with van der Waals surface area (Å²) in [5, 5.41) is 13.9. The Labute approximate surface area is 133 Å². The minimum atomic E-state index is -3.80. The van der Waals surface area contributed by atoms with Gasteiger partial charge in [0, 0.05) is 18.7 Å². The van der Waals surface area contributed by atoms with Gasteiger partial charge in [-0.2, -0.15) is 0 Å². The van der Waals surface area contributed by atoms with Gasteiger partial charge in [-0.1, -0.05) is 12.1 Å². The molecule has 1 atom stereocenters. The predicted molar refractivity (Wildman–Crippen MR) is 87.2 cm³/mol. The average Bonchev–Trinajstić information content (AvgIpc) is 2.54. The molecular formula is C15H15N3O4S. The van der Waals surface area contributed by atoms with E-state index in [4.69, 9.17) is 0 Å². The summed E-state index contributed by atoms with van der Waals surface area (Å²) in [5.41, 5.74) is 1.18. The van der Waals surface area contributed by atoms with E-state index in [1.807, 2.05) is 19.1 Å². The zero-order valence-corrected chi connectivity index (χ0v) is 13.2. The monoisotopic (exact) mass is 333 g/mol. The van der Waals surface area contributed by atoms with Crippen LogP contribution in [0, 0.1) is 10.1 Å². The average molecular weight is 333 g/mol. The van der Waals surface area contributed by atoms with E-state index in [-0.39, 0.29) is 16.6 Å². The Morgan fingerprint density at radius 3 is 2.48 bits per heavy atom. The molecule has 3 rings (SSSR count). The van der Waals surface area contributed by atoms with E-state index in [0.717, 1.165) is 5.69 Å². The first-order valence-corrected chi connectivity index (χ1v) is 8.47. The van der Waals surface area contributed by atoms with Crippen LogP contribution in [0.5, 0.6) is 0 Å². The zero-order chi connectivity index (χ0) is 16.6. The molecule has 1 N–H and O–H groups in total. The van der Waals surface area contributed by atoms with Crippen LogP contribution < -0.4 is 9.62 Å². The van der Waals surface area contributed by atoms with Crippen molar-refractivity contribution in [2.75, 3.05) is 16.2 Å². The number of nitrogens with one attached hydrogen (secondary N) is 1. The molecule has 1 aliphatic heterocycles. The van der Waals surface area contributed by atoms with E-state index in [1.54, 1.807) is 12.1 Å². The number of anilines is 2.